The van der Waals surface area contributed by atoms with Crippen LogP contribution < -0.4 is 5.32 Å². The molecule has 142 valence electrons. The third kappa shape index (κ3) is 3.76. The molecule has 1 aromatic heterocycles. The molecule has 3 heterocycles. The van der Waals surface area contributed by atoms with Crippen molar-refractivity contribution in [2.24, 2.45) is 5.92 Å². The Morgan fingerprint density at radius 1 is 1.22 bits per heavy atom. The molecule has 0 bridgehead atoms. The number of nitrogens with zero attached hydrogens (tertiary/aromatic N) is 1. The second-order valence-corrected chi connectivity index (χ2v) is 7.30. The lowest BCUT2D eigenvalue weighted by Crippen LogP contribution is -2.38. The predicted molar refractivity (Wildman–Crippen MR) is 98.8 cm³/mol. The molecule has 0 saturated carbocycles. The Morgan fingerprint density at radius 3 is 2.78 bits per heavy atom. The summed E-state index contributed by atoms with van der Waals surface area (Å²) in [5, 5.41) is 2.90. The minimum Gasteiger partial charge on any atom is -0.467 e. The van der Waals surface area contributed by atoms with E-state index in [1.807, 2.05) is 42.2 Å². The number of furan rings is 1. The summed E-state index contributed by atoms with van der Waals surface area (Å²) in [5.41, 5.74) is 2.16. The molecule has 1 aromatic carbocycles. The Hall–Kier alpha value is -2.60. The van der Waals surface area contributed by atoms with Crippen LogP contribution in [0, 0.1) is 12.8 Å². The van der Waals surface area contributed by atoms with Crippen molar-refractivity contribution in [3.8, 4) is 0 Å². The molecule has 2 aliphatic heterocycles. The van der Waals surface area contributed by atoms with Crippen molar-refractivity contribution in [2.75, 3.05) is 13.2 Å². The summed E-state index contributed by atoms with van der Waals surface area (Å²) < 4.78 is 11.1. The van der Waals surface area contributed by atoms with Crippen LogP contribution in [0.2, 0.25) is 0 Å². The molecule has 6 nitrogen and oxygen atoms in total. The zero-order valence-electron chi connectivity index (χ0n) is 15.4. The van der Waals surface area contributed by atoms with E-state index in [9.17, 15) is 9.59 Å². The van der Waals surface area contributed by atoms with Gasteiger partial charge in [-0.05, 0) is 31.0 Å². The summed E-state index contributed by atoms with van der Waals surface area (Å²) in [7, 11) is 0. The molecule has 6 heteroatoms. The van der Waals surface area contributed by atoms with Crippen molar-refractivity contribution in [3.63, 3.8) is 0 Å². The molecule has 0 aliphatic carbocycles. The van der Waals surface area contributed by atoms with E-state index in [-0.39, 0.29) is 29.9 Å². The van der Waals surface area contributed by atoms with E-state index < -0.39 is 0 Å². The summed E-state index contributed by atoms with van der Waals surface area (Å²) >= 11 is 0. The molecular weight excluding hydrogens is 344 g/mol. The van der Waals surface area contributed by atoms with Gasteiger partial charge in [0.05, 0.1) is 37.3 Å². The van der Waals surface area contributed by atoms with Gasteiger partial charge in [0.1, 0.15) is 5.76 Å². The first-order valence-electron chi connectivity index (χ1n) is 9.38. The van der Waals surface area contributed by atoms with Crippen molar-refractivity contribution in [1.82, 2.24) is 10.2 Å². The first-order chi connectivity index (χ1) is 13.1. The molecule has 2 amide bonds. The Balaban J connectivity index is 1.41. The largest absolute Gasteiger partial charge is 0.467 e. The van der Waals surface area contributed by atoms with Crippen LogP contribution >= 0.6 is 0 Å². The fraction of sp³-hybridized carbons (Fsp3) is 0.429. The fourth-order valence-electron chi connectivity index (χ4n) is 3.99. The highest BCUT2D eigenvalue weighted by Crippen LogP contribution is 2.34. The monoisotopic (exact) mass is 368 g/mol. The number of ether oxygens (including phenoxy) is 1. The van der Waals surface area contributed by atoms with Crippen LogP contribution in [-0.4, -0.2) is 42.0 Å². The molecule has 0 radical (unpaired) electrons. The van der Waals surface area contributed by atoms with Gasteiger partial charge in [-0.15, -0.1) is 0 Å². The van der Waals surface area contributed by atoms with E-state index in [2.05, 4.69) is 5.32 Å². The lowest BCUT2D eigenvalue weighted by Gasteiger charge is -2.22. The Labute approximate surface area is 158 Å². The topological polar surface area (TPSA) is 71.8 Å². The Kier molecular flexibility index (Phi) is 4.99. The molecule has 4 rings (SSSR count). The lowest BCUT2D eigenvalue weighted by atomic mass is 10.0. The number of nitrogens with one attached hydrogen (secondary N) is 1. The molecule has 2 aliphatic rings. The fourth-order valence-corrected chi connectivity index (χ4v) is 3.99. The SMILES string of the molecule is Cc1ccc(CC(=O)N2C[C@H](C(=O)NCc3ccco3)[C@@H]3OCC[C@@H]32)cc1. The van der Waals surface area contributed by atoms with Gasteiger partial charge in [0, 0.05) is 13.2 Å². The molecule has 2 saturated heterocycles. The van der Waals surface area contributed by atoms with Crippen LogP contribution in [0.3, 0.4) is 0 Å². The first-order valence-corrected chi connectivity index (χ1v) is 9.38. The summed E-state index contributed by atoms with van der Waals surface area (Å²) in [6, 6.07) is 11.6. The molecule has 0 unspecified atom stereocenters. The van der Waals surface area contributed by atoms with Gasteiger partial charge in [-0.25, -0.2) is 0 Å². The number of amides is 2. The first kappa shape index (κ1) is 17.8. The highest BCUT2D eigenvalue weighted by Gasteiger charge is 2.50. The summed E-state index contributed by atoms with van der Waals surface area (Å²) in [6.45, 7) is 3.37. The van der Waals surface area contributed by atoms with Gasteiger partial charge in [0.25, 0.3) is 0 Å². The molecule has 2 aromatic rings. The normalized spacial score (nSPS) is 24.0. The molecule has 3 atom stereocenters. The maximum Gasteiger partial charge on any atom is 0.227 e. The van der Waals surface area contributed by atoms with Crippen molar-refractivity contribution in [3.05, 3.63) is 59.5 Å². The number of hydrogen-bond donors (Lipinski definition) is 1. The number of aryl methyl sites for hydroxylation is 1. The van der Waals surface area contributed by atoms with Crippen LogP contribution in [0.15, 0.2) is 47.1 Å². The third-order valence-electron chi connectivity index (χ3n) is 5.44. The maximum absolute atomic E-state index is 12.9. The molecule has 2 fully saturated rings. The van der Waals surface area contributed by atoms with Crippen LogP contribution in [0.25, 0.3) is 0 Å². The molecule has 0 spiro atoms. The van der Waals surface area contributed by atoms with Gasteiger partial charge in [-0.3, -0.25) is 9.59 Å². The number of hydrogen-bond acceptors (Lipinski definition) is 4. The molecular formula is C21H24N2O4. The van der Waals surface area contributed by atoms with E-state index in [0.717, 1.165) is 12.0 Å². The summed E-state index contributed by atoms with van der Waals surface area (Å²) in [5.74, 6) is 0.335. The van der Waals surface area contributed by atoms with E-state index in [0.29, 0.717) is 31.9 Å². The highest BCUT2D eigenvalue weighted by atomic mass is 16.5. The molecule has 1 N–H and O–H groups in total. The quantitative estimate of drug-likeness (QED) is 0.877. The Morgan fingerprint density at radius 2 is 2.04 bits per heavy atom. The standard InChI is InChI=1S/C21H24N2O4/c1-14-4-6-15(7-5-14)11-19(24)23-13-17(20-18(23)8-10-27-20)21(25)22-12-16-3-2-9-26-16/h2-7,9,17-18,20H,8,10-13H2,1H3,(H,22,25)/t17-,18-,20-/m0/s1. The van der Waals surface area contributed by atoms with E-state index in [1.165, 1.54) is 5.56 Å². The maximum atomic E-state index is 12.9. The number of carbonyl (C=O) groups excluding carboxylic acids is 2. The van der Waals surface area contributed by atoms with Crippen LogP contribution in [0.5, 0.6) is 0 Å². The predicted octanol–water partition coefficient (Wildman–Crippen LogP) is 2.06. The van der Waals surface area contributed by atoms with Crippen LogP contribution in [0.4, 0.5) is 0 Å². The van der Waals surface area contributed by atoms with Crippen LogP contribution in [-0.2, 0) is 27.3 Å². The van der Waals surface area contributed by atoms with E-state index in [4.69, 9.17) is 9.15 Å². The van der Waals surface area contributed by atoms with Crippen molar-refractivity contribution >= 4 is 11.8 Å². The average Bonchev–Trinajstić information content (AvgIpc) is 3.39. The number of benzene rings is 1. The minimum atomic E-state index is -0.338. The minimum absolute atomic E-state index is 0.0117. The second kappa shape index (κ2) is 7.56. The lowest BCUT2D eigenvalue weighted by molar-refractivity contribution is -0.131. The number of likely N-dealkylation sites (tertiary alicyclic amines) is 1. The third-order valence-corrected chi connectivity index (χ3v) is 5.44. The van der Waals surface area contributed by atoms with E-state index in [1.54, 1.807) is 12.3 Å². The van der Waals surface area contributed by atoms with E-state index >= 15 is 0 Å². The smallest absolute Gasteiger partial charge is 0.227 e. The molecule has 27 heavy (non-hydrogen) atoms. The zero-order chi connectivity index (χ0) is 18.8. The summed E-state index contributed by atoms with van der Waals surface area (Å²) in [4.78, 5) is 27.4. The number of fused-ring (bicyclic) bond motifs is 1. The van der Waals surface area contributed by atoms with Gasteiger partial charge in [-0.1, -0.05) is 29.8 Å². The van der Waals surface area contributed by atoms with Gasteiger partial charge < -0.3 is 19.4 Å². The van der Waals surface area contributed by atoms with Crippen LogP contribution in [0.1, 0.15) is 23.3 Å². The zero-order valence-corrected chi connectivity index (χ0v) is 15.4. The highest BCUT2D eigenvalue weighted by molar-refractivity contribution is 5.84. The van der Waals surface area contributed by atoms with Gasteiger partial charge >= 0.3 is 0 Å². The van der Waals surface area contributed by atoms with Crippen molar-refractivity contribution in [2.45, 2.75) is 38.5 Å². The van der Waals surface area contributed by atoms with Gasteiger partial charge in [0.2, 0.25) is 11.8 Å². The average molecular weight is 368 g/mol. The summed E-state index contributed by atoms with van der Waals surface area (Å²) in [6.07, 6.45) is 2.50. The van der Waals surface area contributed by atoms with Crippen molar-refractivity contribution in [1.29, 1.82) is 0 Å². The van der Waals surface area contributed by atoms with Crippen molar-refractivity contribution < 1.29 is 18.7 Å². The van der Waals surface area contributed by atoms with Gasteiger partial charge in [0.15, 0.2) is 0 Å². The second-order valence-electron chi connectivity index (χ2n) is 7.30. The number of rotatable bonds is 5. The number of carbonyl (C=O) groups is 2. The Bertz CT molecular complexity index is 800. The van der Waals surface area contributed by atoms with Gasteiger partial charge in [-0.2, -0.15) is 0 Å².